The molecular weight excluding hydrogens is 615 g/mol. The number of fused-ring (bicyclic) bond motifs is 1. The highest BCUT2D eigenvalue weighted by atomic mass is 19.4. The molecule has 0 unspecified atom stereocenters. The van der Waals surface area contributed by atoms with Gasteiger partial charge in [-0.1, -0.05) is 30.3 Å². The Hall–Kier alpha value is -4.16. The summed E-state index contributed by atoms with van der Waals surface area (Å²) in [4.78, 5) is 16.8. The number of amides is 1. The van der Waals surface area contributed by atoms with Gasteiger partial charge < -0.3 is 34.7 Å². The highest BCUT2D eigenvalue weighted by Gasteiger charge is 2.29. The minimum absolute atomic E-state index is 0.0189. The monoisotopic (exact) mass is 659 g/mol. The highest BCUT2D eigenvalue weighted by molar-refractivity contribution is 6.00. The van der Waals surface area contributed by atoms with E-state index in [1.54, 1.807) is 18.2 Å². The highest BCUT2D eigenvalue weighted by Crippen LogP contribution is 2.34. The van der Waals surface area contributed by atoms with E-state index in [1.165, 1.54) is 6.07 Å². The van der Waals surface area contributed by atoms with Gasteiger partial charge in [-0.05, 0) is 74.6 Å². The molecule has 0 spiro atoms. The second-order valence-corrected chi connectivity index (χ2v) is 11.3. The smallest absolute Gasteiger partial charge is 0.422 e. The van der Waals surface area contributed by atoms with Crippen LogP contribution in [0.15, 0.2) is 60.7 Å². The van der Waals surface area contributed by atoms with Gasteiger partial charge in [-0.15, -0.1) is 0 Å². The molecule has 47 heavy (non-hydrogen) atoms. The van der Waals surface area contributed by atoms with Gasteiger partial charge in [-0.2, -0.15) is 13.2 Å². The van der Waals surface area contributed by atoms with E-state index in [1.807, 2.05) is 37.3 Å². The number of nitrogens with zero attached hydrogens (tertiary/aromatic N) is 2. The Labute approximate surface area is 274 Å². The van der Waals surface area contributed by atoms with Crippen molar-refractivity contribution in [2.45, 2.75) is 45.3 Å². The van der Waals surface area contributed by atoms with Crippen LogP contribution >= 0.6 is 0 Å². The Kier molecular flexibility index (Phi) is 13.0. The number of aliphatic hydroxyl groups is 1. The summed E-state index contributed by atoms with van der Waals surface area (Å²) in [5, 5.41) is 9.31. The molecule has 9 nitrogen and oxygen atoms in total. The number of ether oxygens (including phenoxy) is 4. The molecule has 0 saturated heterocycles. The van der Waals surface area contributed by atoms with Crippen LogP contribution in [-0.4, -0.2) is 87.3 Å². The third kappa shape index (κ3) is 10.4. The number of halogens is 3. The average Bonchev–Trinajstić information content (AvgIpc) is 3.45. The summed E-state index contributed by atoms with van der Waals surface area (Å²) >= 11 is 0. The number of carbonyl (C=O) groups excluding carboxylic acids is 1. The van der Waals surface area contributed by atoms with Crippen molar-refractivity contribution in [1.29, 1.82) is 0 Å². The second kappa shape index (κ2) is 17.1. The van der Waals surface area contributed by atoms with E-state index in [9.17, 15) is 23.1 Å². The first-order chi connectivity index (χ1) is 22.6. The maximum atomic E-state index is 12.8. The molecule has 12 heteroatoms. The standard InChI is InChI=1S/C35H44F3N3O6/c1-3-44-29-9-4-5-10-30(29)45-19-16-40(17-20-46-31-11-6-7-12-32(31)47-24-35(36,37)38)25(2)21-26-22-27-13-15-41(14-8-18-42)33(27)28(23-26)34(39)43/h4-7,9-12,22-23,25,42H,3,8,13-21,24H2,1-2H3,(H2,39,43)/t25-/m1/s1. The Morgan fingerprint density at radius 3 is 2.06 bits per heavy atom. The molecule has 256 valence electrons. The number of anilines is 1. The van der Waals surface area contributed by atoms with E-state index < -0.39 is 18.7 Å². The van der Waals surface area contributed by atoms with Crippen LogP contribution in [0.4, 0.5) is 18.9 Å². The van der Waals surface area contributed by atoms with Crippen molar-refractivity contribution in [2.24, 2.45) is 5.73 Å². The van der Waals surface area contributed by atoms with Crippen LogP contribution in [0.5, 0.6) is 23.0 Å². The molecule has 0 radical (unpaired) electrons. The van der Waals surface area contributed by atoms with Crippen LogP contribution in [0.2, 0.25) is 0 Å². The lowest BCUT2D eigenvalue weighted by Crippen LogP contribution is -2.40. The number of nitrogens with two attached hydrogens (primary N) is 1. The van der Waals surface area contributed by atoms with Crippen molar-refractivity contribution in [3.05, 3.63) is 77.4 Å². The van der Waals surface area contributed by atoms with Crippen molar-refractivity contribution in [2.75, 3.05) is 64.1 Å². The number of rotatable bonds is 19. The van der Waals surface area contributed by atoms with Crippen molar-refractivity contribution in [3.63, 3.8) is 0 Å². The molecule has 3 aromatic rings. The van der Waals surface area contributed by atoms with Gasteiger partial charge in [-0.25, -0.2) is 0 Å². The second-order valence-electron chi connectivity index (χ2n) is 11.3. The van der Waals surface area contributed by atoms with Crippen LogP contribution in [0.25, 0.3) is 0 Å². The van der Waals surface area contributed by atoms with E-state index >= 15 is 0 Å². The van der Waals surface area contributed by atoms with Crippen molar-refractivity contribution in [1.82, 2.24) is 4.90 Å². The lowest BCUT2D eigenvalue weighted by Gasteiger charge is -2.30. The first kappa shape index (κ1) is 35.7. The van der Waals surface area contributed by atoms with Gasteiger partial charge >= 0.3 is 6.18 Å². The lowest BCUT2D eigenvalue weighted by atomic mass is 9.97. The normalized spacial score (nSPS) is 13.4. The predicted molar refractivity (Wildman–Crippen MR) is 174 cm³/mol. The van der Waals surface area contributed by atoms with Gasteiger partial charge in [0.2, 0.25) is 0 Å². The summed E-state index contributed by atoms with van der Waals surface area (Å²) in [5.74, 6) is 1.03. The Morgan fingerprint density at radius 1 is 0.957 bits per heavy atom. The van der Waals surface area contributed by atoms with Crippen molar-refractivity contribution in [3.8, 4) is 23.0 Å². The molecule has 1 amide bonds. The van der Waals surface area contributed by atoms with E-state index in [0.717, 1.165) is 29.8 Å². The van der Waals surface area contributed by atoms with Crippen molar-refractivity contribution >= 4 is 11.6 Å². The summed E-state index contributed by atoms with van der Waals surface area (Å²) in [6.07, 6.45) is -2.48. The van der Waals surface area contributed by atoms with Gasteiger partial charge in [-0.3, -0.25) is 9.69 Å². The molecule has 1 aliphatic rings. The van der Waals surface area contributed by atoms with Crippen molar-refractivity contribution < 1.29 is 42.0 Å². The van der Waals surface area contributed by atoms with Crippen LogP contribution in [0, 0.1) is 0 Å². The van der Waals surface area contributed by atoms with E-state index in [-0.39, 0.29) is 30.8 Å². The first-order valence-electron chi connectivity index (χ1n) is 15.9. The van der Waals surface area contributed by atoms with Crippen LogP contribution in [0.3, 0.4) is 0 Å². The number of hydrogen-bond acceptors (Lipinski definition) is 8. The Bertz CT molecular complexity index is 1450. The maximum Gasteiger partial charge on any atom is 0.422 e. The van der Waals surface area contributed by atoms with Crippen LogP contribution < -0.4 is 29.6 Å². The fourth-order valence-electron chi connectivity index (χ4n) is 5.74. The minimum atomic E-state index is -4.47. The number of alkyl halides is 3. The fraction of sp³-hybridized carbons (Fsp3) is 0.457. The SMILES string of the molecule is CCOc1ccccc1OCCN(CCOc1ccccc1OCC(F)(F)F)[C@H](C)Cc1cc2c(c(C(N)=O)c1)N(CCCO)CC2. The first-order valence-corrected chi connectivity index (χ1v) is 15.9. The minimum Gasteiger partial charge on any atom is -0.490 e. The number of hydrogen-bond donors (Lipinski definition) is 2. The van der Waals surface area contributed by atoms with Gasteiger partial charge in [0.15, 0.2) is 29.6 Å². The summed E-state index contributed by atoms with van der Waals surface area (Å²) < 4.78 is 61.1. The largest absolute Gasteiger partial charge is 0.490 e. The molecule has 1 aliphatic heterocycles. The van der Waals surface area contributed by atoms with Gasteiger partial charge in [0, 0.05) is 38.8 Å². The number of para-hydroxylation sites is 4. The molecule has 0 aromatic heterocycles. The third-order valence-electron chi connectivity index (χ3n) is 7.88. The summed E-state index contributed by atoms with van der Waals surface area (Å²) in [6.45, 7) is 6.01. The topological polar surface area (TPSA) is 107 Å². The zero-order valence-corrected chi connectivity index (χ0v) is 26.9. The van der Waals surface area contributed by atoms with E-state index in [4.69, 9.17) is 24.7 Å². The Balaban J connectivity index is 1.48. The van der Waals surface area contributed by atoms with Gasteiger partial charge in [0.05, 0.1) is 17.9 Å². The fourth-order valence-corrected chi connectivity index (χ4v) is 5.74. The number of aliphatic hydroxyl groups excluding tert-OH is 1. The molecular formula is C35H44F3N3O6. The van der Waals surface area contributed by atoms with Crippen LogP contribution in [-0.2, 0) is 12.8 Å². The van der Waals surface area contributed by atoms with Gasteiger partial charge in [0.25, 0.3) is 5.91 Å². The molecule has 1 heterocycles. The van der Waals surface area contributed by atoms with Gasteiger partial charge in [0.1, 0.15) is 13.2 Å². The molecule has 1 atom stereocenters. The number of benzene rings is 3. The molecule has 0 aliphatic carbocycles. The summed E-state index contributed by atoms with van der Waals surface area (Å²) in [5.41, 5.74) is 9.17. The predicted octanol–water partition coefficient (Wildman–Crippen LogP) is 5.26. The quantitative estimate of drug-likeness (QED) is 0.180. The lowest BCUT2D eigenvalue weighted by molar-refractivity contribution is -0.153. The van der Waals surface area contributed by atoms with E-state index in [0.29, 0.717) is 62.8 Å². The average molecular weight is 660 g/mol. The Morgan fingerprint density at radius 2 is 1.53 bits per heavy atom. The number of carbonyl (C=O) groups is 1. The molecule has 3 N–H and O–H groups in total. The third-order valence-corrected chi connectivity index (χ3v) is 7.88. The summed E-state index contributed by atoms with van der Waals surface area (Å²) in [6, 6.07) is 17.7. The summed E-state index contributed by atoms with van der Waals surface area (Å²) in [7, 11) is 0. The van der Waals surface area contributed by atoms with Crippen LogP contribution in [0.1, 0.15) is 41.8 Å². The molecule has 4 rings (SSSR count). The molecule has 0 bridgehead atoms. The molecule has 0 saturated carbocycles. The zero-order chi connectivity index (χ0) is 33.8. The number of primary amides is 1. The maximum absolute atomic E-state index is 12.8. The molecule has 0 fully saturated rings. The zero-order valence-electron chi connectivity index (χ0n) is 26.9. The molecule has 3 aromatic carbocycles. The van der Waals surface area contributed by atoms with E-state index in [2.05, 4.69) is 22.8 Å².